The Hall–Kier alpha value is -0.830. The van der Waals surface area contributed by atoms with Gasteiger partial charge in [0, 0.05) is 19.3 Å². The van der Waals surface area contributed by atoms with E-state index in [0.717, 1.165) is 18.9 Å². The minimum atomic E-state index is 0.654. The third-order valence-electron chi connectivity index (χ3n) is 3.84. The molecule has 0 amide bonds. The van der Waals surface area contributed by atoms with Gasteiger partial charge in [-0.1, -0.05) is 19.8 Å². The van der Waals surface area contributed by atoms with Gasteiger partial charge in [-0.3, -0.25) is 4.68 Å². The summed E-state index contributed by atoms with van der Waals surface area (Å²) in [5.74, 6) is 0.877. The smallest absolute Gasteiger partial charge is 0.0522 e. The molecule has 1 aliphatic rings. The molecule has 1 fully saturated rings. The number of rotatable bonds is 6. The Kier molecular flexibility index (Phi) is 4.60. The molecule has 1 unspecified atom stereocenters. The van der Waals surface area contributed by atoms with Gasteiger partial charge in [-0.25, -0.2) is 0 Å². The molecule has 3 heteroatoms. The van der Waals surface area contributed by atoms with Crippen molar-refractivity contribution in [1.82, 2.24) is 15.1 Å². The maximum absolute atomic E-state index is 4.27. The molecule has 1 aromatic rings. The second kappa shape index (κ2) is 6.20. The van der Waals surface area contributed by atoms with Crippen molar-refractivity contribution in [3.05, 3.63) is 18.0 Å². The van der Waals surface area contributed by atoms with E-state index in [-0.39, 0.29) is 0 Å². The Balaban J connectivity index is 1.94. The Morgan fingerprint density at radius 2 is 2.24 bits per heavy atom. The normalized spacial score (nSPS) is 18.7. The highest BCUT2D eigenvalue weighted by Gasteiger charge is 2.24. The van der Waals surface area contributed by atoms with Gasteiger partial charge in [0.05, 0.1) is 6.20 Å². The molecule has 96 valence electrons. The number of hydrogen-bond acceptors (Lipinski definition) is 2. The van der Waals surface area contributed by atoms with Crippen molar-refractivity contribution in [3.63, 3.8) is 0 Å². The van der Waals surface area contributed by atoms with Gasteiger partial charge in [-0.2, -0.15) is 5.10 Å². The first-order valence-corrected chi connectivity index (χ1v) is 7.00. The van der Waals surface area contributed by atoms with Crippen LogP contribution in [-0.4, -0.2) is 22.4 Å². The van der Waals surface area contributed by atoms with Crippen LogP contribution in [-0.2, 0) is 13.5 Å². The van der Waals surface area contributed by atoms with Gasteiger partial charge in [-0.15, -0.1) is 0 Å². The van der Waals surface area contributed by atoms with Crippen molar-refractivity contribution in [3.8, 4) is 0 Å². The number of hydrogen-bond donors (Lipinski definition) is 1. The van der Waals surface area contributed by atoms with E-state index in [4.69, 9.17) is 0 Å². The van der Waals surface area contributed by atoms with Crippen molar-refractivity contribution in [2.45, 2.75) is 51.5 Å². The summed E-state index contributed by atoms with van der Waals surface area (Å²) in [5, 5.41) is 8.00. The van der Waals surface area contributed by atoms with Crippen LogP contribution in [0.1, 0.15) is 44.6 Å². The molecule has 1 atom stereocenters. The molecule has 0 bridgehead atoms. The van der Waals surface area contributed by atoms with E-state index in [1.807, 2.05) is 17.9 Å². The second-order valence-corrected chi connectivity index (χ2v) is 5.33. The fourth-order valence-electron chi connectivity index (χ4n) is 2.93. The molecule has 0 spiro atoms. The molecule has 2 rings (SSSR count). The molecule has 1 saturated carbocycles. The SMILES string of the molecule is CCCNC(Cc1cnn(C)c1)C1CCCC1. The zero-order chi connectivity index (χ0) is 12.1. The Morgan fingerprint density at radius 1 is 1.47 bits per heavy atom. The van der Waals surface area contributed by atoms with Crippen LogP contribution in [0.25, 0.3) is 0 Å². The quantitative estimate of drug-likeness (QED) is 0.821. The largest absolute Gasteiger partial charge is 0.313 e. The summed E-state index contributed by atoms with van der Waals surface area (Å²) in [7, 11) is 1.99. The molecular formula is C14H25N3. The van der Waals surface area contributed by atoms with E-state index in [1.165, 1.54) is 37.7 Å². The summed E-state index contributed by atoms with van der Waals surface area (Å²) in [6.07, 6.45) is 12.2. The molecule has 0 aliphatic heterocycles. The predicted molar refractivity (Wildman–Crippen MR) is 71.0 cm³/mol. The number of aryl methyl sites for hydroxylation is 1. The van der Waals surface area contributed by atoms with Crippen LogP contribution in [0.4, 0.5) is 0 Å². The maximum atomic E-state index is 4.27. The minimum Gasteiger partial charge on any atom is -0.313 e. The topological polar surface area (TPSA) is 29.9 Å². The Labute approximate surface area is 105 Å². The third kappa shape index (κ3) is 3.56. The third-order valence-corrected chi connectivity index (χ3v) is 3.84. The molecular weight excluding hydrogens is 210 g/mol. The van der Waals surface area contributed by atoms with Crippen molar-refractivity contribution >= 4 is 0 Å². The van der Waals surface area contributed by atoms with Crippen LogP contribution in [0.5, 0.6) is 0 Å². The Bertz CT molecular complexity index is 326. The standard InChI is InChI=1S/C14H25N3/c1-3-8-15-14(13-6-4-5-7-13)9-12-10-16-17(2)11-12/h10-11,13-15H,3-9H2,1-2H3. The number of aromatic nitrogens is 2. The van der Waals surface area contributed by atoms with Crippen molar-refractivity contribution in [2.24, 2.45) is 13.0 Å². The Morgan fingerprint density at radius 3 is 2.82 bits per heavy atom. The van der Waals surface area contributed by atoms with Crippen LogP contribution < -0.4 is 5.32 Å². The van der Waals surface area contributed by atoms with Gasteiger partial charge >= 0.3 is 0 Å². The molecule has 3 nitrogen and oxygen atoms in total. The van der Waals surface area contributed by atoms with Crippen molar-refractivity contribution < 1.29 is 0 Å². The average Bonchev–Trinajstić information content (AvgIpc) is 2.95. The number of nitrogens with zero attached hydrogens (tertiary/aromatic N) is 2. The van der Waals surface area contributed by atoms with Gasteiger partial charge in [0.1, 0.15) is 0 Å². The lowest BCUT2D eigenvalue weighted by molar-refractivity contribution is 0.356. The van der Waals surface area contributed by atoms with Gasteiger partial charge in [-0.05, 0) is 43.7 Å². The minimum absolute atomic E-state index is 0.654. The van der Waals surface area contributed by atoms with E-state index in [9.17, 15) is 0 Å². The lowest BCUT2D eigenvalue weighted by atomic mass is 9.93. The average molecular weight is 235 g/mol. The van der Waals surface area contributed by atoms with Gasteiger partial charge in [0.25, 0.3) is 0 Å². The predicted octanol–water partition coefficient (Wildman–Crippen LogP) is 2.52. The molecule has 1 aliphatic carbocycles. The van der Waals surface area contributed by atoms with E-state index < -0.39 is 0 Å². The van der Waals surface area contributed by atoms with Gasteiger partial charge < -0.3 is 5.32 Å². The lowest BCUT2D eigenvalue weighted by Crippen LogP contribution is -2.37. The highest BCUT2D eigenvalue weighted by molar-refractivity contribution is 5.07. The molecule has 17 heavy (non-hydrogen) atoms. The van der Waals surface area contributed by atoms with Crippen LogP contribution in [0.3, 0.4) is 0 Å². The van der Waals surface area contributed by atoms with Crippen LogP contribution >= 0.6 is 0 Å². The second-order valence-electron chi connectivity index (χ2n) is 5.33. The highest BCUT2D eigenvalue weighted by atomic mass is 15.2. The molecule has 0 aromatic carbocycles. The first-order valence-electron chi connectivity index (χ1n) is 7.00. The first-order chi connectivity index (χ1) is 8.29. The fourth-order valence-corrected chi connectivity index (χ4v) is 2.93. The van der Waals surface area contributed by atoms with E-state index in [0.29, 0.717) is 6.04 Å². The van der Waals surface area contributed by atoms with Crippen LogP contribution in [0.15, 0.2) is 12.4 Å². The summed E-state index contributed by atoms with van der Waals surface area (Å²) < 4.78 is 1.90. The van der Waals surface area contributed by atoms with Crippen LogP contribution in [0, 0.1) is 5.92 Å². The fraction of sp³-hybridized carbons (Fsp3) is 0.786. The monoisotopic (exact) mass is 235 g/mol. The molecule has 0 radical (unpaired) electrons. The van der Waals surface area contributed by atoms with Crippen molar-refractivity contribution in [1.29, 1.82) is 0 Å². The first kappa shape index (κ1) is 12.6. The zero-order valence-corrected chi connectivity index (χ0v) is 11.2. The number of nitrogens with one attached hydrogen (secondary N) is 1. The lowest BCUT2D eigenvalue weighted by Gasteiger charge is -2.24. The van der Waals surface area contributed by atoms with E-state index in [1.54, 1.807) is 0 Å². The van der Waals surface area contributed by atoms with E-state index >= 15 is 0 Å². The highest BCUT2D eigenvalue weighted by Crippen LogP contribution is 2.29. The van der Waals surface area contributed by atoms with Crippen LogP contribution in [0.2, 0.25) is 0 Å². The molecule has 1 N–H and O–H groups in total. The summed E-state index contributed by atoms with van der Waals surface area (Å²) in [6, 6.07) is 0.654. The van der Waals surface area contributed by atoms with Gasteiger partial charge in [0.15, 0.2) is 0 Å². The maximum Gasteiger partial charge on any atom is 0.0522 e. The molecule has 1 aromatic heterocycles. The summed E-state index contributed by atoms with van der Waals surface area (Å²) in [6.45, 7) is 3.38. The van der Waals surface area contributed by atoms with Crippen molar-refractivity contribution in [2.75, 3.05) is 6.54 Å². The summed E-state index contributed by atoms with van der Waals surface area (Å²) >= 11 is 0. The zero-order valence-electron chi connectivity index (χ0n) is 11.2. The summed E-state index contributed by atoms with van der Waals surface area (Å²) in [4.78, 5) is 0. The van der Waals surface area contributed by atoms with Gasteiger partial charge in [0.2, 0.25) is 0 Å². The molecule has 1 heterocycles. The summed E-state index contributed by atoms with van der Waals surface area (Å²) in [5.41, 5.74) is 1.37. The van der Waals surface area contributed by atoms with E-state index in [2.05, 4.69) is 23.5 Å². The molecule has 0 saturated heterocycles.